The van der Waals surface area contributed by atoms with Crippen molar-refractivity contribution >= 4 is 5.69 Å². The Morgan fingerprint density at radius 2 is 2.05 bits per heavy atom. The van der Waals surface area contributed by atoms with Crippen LogP contribution in [0.25, 0.3) is 0 Å². The third-order valence-corrected chi connectivity index (χ3v) is 3.67. The van der Waals surface area contributed by atoms with Crippen LogP contribution in [-0.2, 0) is 4.74 Å². The van der Waals surface area contributed by atoms with Crippen molar-refractivity contribution in [3.8, 4) is 11.8 Å². The molecule has 1 aromatic carbocycles. The molecule has 0 saturated carbocycles. The number of nitrogens with zero attached hydrogens (tertiary/aromatic N) is 1. The molecule has 1 aromatic rings. The summed E-state index contributed by atoms with van der Waals surface area (Å²) in [6.45, 7) is 5.78. The Morgan fingerprint density at radius 1 is 1.30 bits per heavy atom. The molecule has 3 N–H and O–H groups in total. The number of nitriles is 1. The molecule has 1 spiro atoms. The normalized spacial score (nSPS) is 23.4. The summed E-state index contributed by atoms with van der Waals surface area (Å²) >= 11 is 0. The first kappa shape index (κ1) is 12.4. The quantitative estimate of drug-likeness (QED) is 0.756. The highest BCUT2D eigenvalue weighted by Gasteiger charge is 2.46. The maximum Gasteiger partial charge on any atom is 0.245 e. The van der Waals surface area contributed by atoms with E-state index in [-0.39, 0.29) is 11.5 Å². The number of aryl methyl sites for hydroxylation is 1. The van der Waals surface area contributed by atoms with Crippen LogP contribution in [0.4, 0.5) is 5.69 Å². The first-order chi connectivity index (χ1) is 9.47. The molecule has 0 amide bonds. The Hall–Kier alpha value is -2.61. The second-order valence-electron chi connectivity index (χ2n) is 5.05. The largest absolute Gasteiger partial charge is 0.457 e. The summed E-state index contributed by atoms with van der Waals surface area (Å²) in [5, 5.41) is 12.6. The van der Waals surface area contributed by atoms with Gasteiger partial charge in [-0.1, -0.05) is 6.07 Å². The van der Waals surface area contributed by atoms with Gasteiger partial charge < -0.3 is 20.5 Å². The number of hydrogen-bond donors (Lipinski definition) is 2. The average molecular weight is 269 g/mol. The summed E-state index contributed by atoms with van der Waals surface area (Å²) in [6, 6.07) is 6.03. The lowest BCUT2D eigenvalue weighted by atomic mass is 10.0. The molecule has 0 aromatic heterocycles. The Bertz CT molecular complexity index is 713. The first-order valence-corrected chi connectivity index (χ1v) is 6.32. The van der Waals surface area contributed by atoms with Gasteiger partial charge in [0.05, 0.1) is 5.69 Å². The zero-order chi connectivity index (χ0) is 14.5. The highest BCUT2D eigenvalue weighted by atomic mass is 16.5. The summed E-state index contributed by atoms with van der Waals surface area (Å²) in [6.07, 6.45) is 1.73. The number of fused-ring (bicyclic) bond motifs is 1. The predicted molar refractivity (Wildman–Crippen MR) is 74.6 cm³/mol. The summed E-state index contributed by atoms with van der Waals surface area (Å²) in [5.74, 6) is 1.41. The highest BCUT2D eigenvalue weighted by Crippen LogP contribution is 2.45. The Labute approximate surface area is 117 Å². The van der Waals surface area contributed by atoms with E-state index in [0.29, 0.717) is 5.76 Å². The topological polar surface area (TPSA) is 80.3 Å². The van der Waals surface area contributed by atoms with Crippen LogP contribution >= 0.6 is 0 Å². The van der Waals surface area contributed by atoms with E-state index in [9.17, 15) is 5.26 Å². The maximum atomic E-state index is 9.36. The van der Waals surface area contributed by atoms with Crippen molar-refractivity contribution in [3.63, 3.8) is 0 Å². The van der Waals surface area contributed by atoms with Crippen LogP contribution in [0.3, 0.4) is 0 Å². The van der Waals surface area contributed by atoms with Crippen LogP contribution < -0.4 is 15.8 Å². The summed E-state index contributed by atoms with van der Waals surface area (Å²) in [4.78, 5) is 0. The van der Waals surface area contributed by atoms with Gasteiger partial charge >= 0.3 is 0 Å². The number of benzene rings is 1. The number of nitrogens with one attached hydrogen (secondary N) is 1. The smallest absolute Gasteiger partial charge is 0.245 e. The van der Waals surface area contributed by atoms with Gasteiger partial charge in [0.25, 0.3) is 0 Å². The number of hydrogen-bond acceptors (Lipinski definition) is 5. The molecular formula is C15H15N3O2. The molecule has 1 unspecified atom stereocenters. The van der Waals surface area contributed by atoms with Crippen LogP contribution in [0.5, 0.6) is 5.75 Å². The SMILES string of the molecule is CC1=CC2(Nc3ccc(C)c(C)c3O2)C(C#N)=C(N)O1. The fraction of sp³-hybridized carbons (Fsp3) is 0.267. The molecule has 0 fully saturated rings. The van der Waals surface area contributed by atoms with Crippen LogP contribution in [0.15, 0.2) is 35.4 Å². The van der Waals surface area contributed by atoms with Crippen LogP contribution in [0.1, 0.15) is 18.1 Å². The van der Waals surface area contributed by atoms with Gasteiger partial charge in [-0.25, -0.2) is 0 Å². The minimum atomic E-state index is -1.07. The molecule has 102 valence electrons. The molecule has 5 nitrogen and oxygen atoms in total. The lowest BCUT2D eigenvalue weighted by molar-refractivity contribution is 0.174. The fourth-order valence-electron chi connectivity index (χ4n) is 2.52. The maximum absolute atomic E-state index is 9.36. The van der Waals surface area contributed by atoms with Crippen molar-refractivity contribution in [3.05, 3.63) is 46.6 Å². The molecule has 5 heteroatoms. The molecule has 2 aliphatic rings. The van der Waals surface area contributed by atoms with Gasteiger partial charge in [0, 0.05) is 6.08 Å². The van der Waals surface area contributed by atoms with Crippen molar-refractivity contribution in [2.24, 2.45) is 5.73 Å². The third-order valence-electron chi connectivity index (χ3n) is 3.67. The van der Waals surface area contributed by atoms with Gasteiger partial charge in [-0.3, -0.25) is 0 Å². The van der Waals surface area contributed by atoms with E-state index >= 15 is 0 Å². The summed E-state index contributed by atoms with van der Waals surface area (Å²) in [5.41, 5.74) is 8.00. The number of nitrogens with two attached hydrogens (primary N) is 1. The molecule has 3 rings (SSSR count). The molecular weight excluding hydrogens is 254 g/mol. The van der Waals surface area contributed by atoms with Crippen molar-refractivity contribution in [2.75, 3.05) is 5.32 Å². The third kappa shape index (κ3) is 1.55. The summed E-state index contributed by atoms with van der Waals surface area (Å²) in [7, 11) is 0. The zero-order valence-electron chi connectivity index (χ0n) is 11.6. The first-order valence-electron chi connectivity index (χ1n) is 6.32. The lowest BCUT2D eigenvalue weighted by Crippen LogP contribution is -2.44. The van der Waals surface area contributed by atoms with Gasteiger partial charge in [0.15, 0.2) is 5.57 Å². The second kappa shape index (κ2) is 3.94. The van der Waals surface area contributed by atoms with Crippen molar-refractivity contribution < 1.29 is 9.47 Å². The van der Waals surface area contributed by atoms with E-state index in [1.54, 1.807) is 13.0 Å². The molecule has 0 aliphatic carbocycles. The monoisotopic (exact) mass is 269 g/mol. The van der Waals surface area contributed by atoms with Gasteiger partial charge in [-0.2, -0.15) is 5.26 Å². The minimum Gasteiger partial charge on any atom is -0.457 e. The minimum absolute atomic E-state index is 0.0715. The van der Waals surface area contributed by atoms with Gasteiger partial charge in [-0.15, -0.1) is 0 Å². The lowest BCUT2D eigenvalue weighted by Gasteiger charge is -2.30. The zero-order valence-corrected chi connectivity index (χ0v) is 11.6. The van der Waals surface area contributed by atoms with Gasteiger partial charge in [0.2, 0.25) is 11.6 Å². The molecule has 2 aliphatic heterocycles. The van der Waals surface area contributed by atoms with E-state index in [0.717, 1.165) is 22.6 Å². The van der Waals surface area contributed by atoms with Crippen molar-refractivity contribution in [1.29, 1.82) is 5.26 Å². The molecule has 1 atom stereocenters. The second-order valence-corrected chi connectivity index (χ2v) is 5.05. The van der Waals surface area contributed by atoms with Gasteiger partial charge in [0.1, 0.15) is 17.6 Å². The van der Waals surface area contributed by atoms with E-state index in [2.05, 4.69) is 11.4 Å². The molecule has 0 radical (unpaired) electrons. The van der Waals surface area contributed by atoms with Crippen molar-refractivity contribution in [1.82, 2.24) is 0 Å². The van der Waals surface area contributed by atoms with Crippen LogP contribution in [-0.4, -0.2) is 5.72 Å². The van der Waals surface area contributed by atoms with Gasteiger partial charge in [-0.05, 0) is 38.0 Å². The number of rotatable bonds is 0. The molecule has 20 heavy (non-hydrogen) atoms. The Morgan fingerprint density at radius 3 is 2.75 bits per heavy atom. The average Bonchev–Trinajstić information content (AvgIpc) is 2.73. The van der Waals surface area contributed by atoms with Crippen LogP contribution in [0, 0.1) is 25.2 Å². The van der Waals surface area contributed by atoms with E-state index in [1.165, 1.54) is 0 Å². The number of allylic oxidation sites excluding steroid dienone is 1. The standard InChI is InChI=1S/C15H15N3O2/c1-8-4-5-12-13(10(8)3)20-15(18-12)6-9(2)19-14(17)11(15)7-16/h4-6,18H,17H2,1-3H3. The predicted octanol–water partition coefficient (Wildman–Crippen LogP) is 2.43. The number of anilines is 1. The summed E-state index contributed by atoms with van der Waals surface area (Å²) < 4.78 is 11.4. The van der Waals surface area contributed by atoms with E-state index < -0.39 is 5.72 Å². The van der Waals surface area contributed by atoms with E-state index in [4.69, 9.17) is 15.2 Å². The molecule has 2 heterocycles. The molecule has 0 saturated heterocycles. The Kier molecular flexibility index (Phi) is 2.45. The number of ether oxygens (including phenoxy) is 2. The van der Waals surface area contributed by atoms with E-state index in [1.807, 2.05) is 26.0 Å². The highest BCUT2D eigenvalue weighted by molar-refractivity contribution is 5.70. The molecule has 0 bridgehead atoms. The fourth-order valence-corrected chi connectivity index (χ4v) is 2.52. The Balaban J connectivity index is 2.16. The van der Waals surface area contributed by atoms with Crippen molar-refractivity contribution in [2.45, 2.75) is 26.5 Å². The van der Waals surface area contributed by atoms with Crippen LogP contribution in [0.2, 0.25) is 0 Å².